The molecule has 2 nitrogen and oxygen atoms in total. The molecule has 0 heterocycles. The molecule has 1 aromatic rings. The Labute approximate surface area is 113 Å². The van der Waals surface area contributed by atoms with E-state index >= 15 is 0 Å². The summed E-state index contributed by atoms with van der Waals surface area (Å²) in [6.45, 7) is 4.18. The van der Waals surface area contributed by atoms with Gasteiger partial charge in [0.05, 0.1) is 22.7 Å². The monoisotopic (exact) mass is 268 g/mol. The number of aliphatic hydroxyl groups excluding tert-OH is 1. The van der Waals surface area contributed by atoms with Gasteiger partial charge in [-0.05, 0) is 25.5 Å². The van der Waals surface area contributed by atoms with Crippen LogP contribution < -0.4 is 0 Å². The van der Waals surface area contributed by atoms with Gasteiger partial charge in [0.15, 0.2) is 0 Å². The summed E-state index contributed by atoms with van der Waals surface area (Å²) in [5.41, 5.74) is 1.16. The Kier molecular flexibility index (Phi) is 7.21. The van der Waals surface area contributed by atoms with Crippen LogP contribution in [0.3, 0.4) is 0 Å². The predicted octanol–water partition coefficient (Wildman–Crippen LogP) is 3.43. The maximum atomic E-state index is 12.0. The van der Waals surface area contributed by atoms with Gasteiger partial charge in [-0.15, -0.1) is 0 Å². The van der Waals surface area contributed by atoms with Crippen molar-refractivity contribution in [3.05, 3.63) is 29.8 Å². The third kappa shape index (κ3) is 5.78. The van der Waals surface area contributed by atoms with Gasteiger partial charge in [0, 0.05) is 4.90 Å². The van der Waals surface area contributed by atoms with E-state index in [2.05, 4.69) is 6.92 Å². The normalized spacial score (nSPS) is 14.4. The van der Waals surface area contributed by atoms with Crippen LogP contribution in [-0.2, 0) is 10.8 Å². The molecular formula is C15H24O2S. The maximum absolute atomic E-state index is 12.0. The number of aliphatic hydroxyl groups is 1. The topological polar surface area (TPSA) is 37.3 Å². The fourth-order valence-electron chi connectivity index (χ4n) is 1.85. The minimum atomic E-state index is -1.08. The van der Waals surface area contributed by atoms with Gasteiger partial charge >= 0.3 is 0 Å². The van der Waals surface area contributed by atoms with E-state index in [1.165, 1.54) is 12.8 Å². The lowest BCUT2D eigenvalue weighted by Crippen LogP contribution is -2.16. The first-order valence-electron chi connectivity index (χ1n) is 6.76. The number of hydrogen-bond donors (Lipinski definition) is 1. The number of unbranched alkanes of at least 4 members (excludes halogenated alkanes) is 3. The smallest absolute Gasteiger partial charge is 0.0659 e. The van der Waals surface area contributed by atoms with E-state index in [4.69, 9.17) is 0 Å². The molecule has 0 aliphatic heterocycles. The zero-order valence-electron chi connectivity index (χ0n) is 11.4. The quantitative estimate of drug-likeness (QED) is 0.733. The van der Waals surface area contributed by atoms with E-state index in [9.17, 15) is 9.32 Å². The Morgan fingerprint density at radius 3 is 2.44 bits per heavy atom. The van der Waals surface area contributed by atoms with Gasteiger partial charge in [-0.25, -0.2) is 0 Å². The van der Waals surface area contributed by atoms with Crippen molar-refractivity contribution in [3.63, 3.8) is 0 Å². The molecule has 2 atom stereocenters. The van der Waals surface area contributed by atoms with Crippen LogP contribution in [-0.4, -0.2) is 21.2 Å². The fraction of sp³-hybridized carbons (Fsp3) is 0.600. The second-order valence-corrected chi connectivity index (χ2v) is 6.32. The highest BCUT2D eigenvalue weighted by atomic mass is 32.2. The molecule has 0 fully saturated rings. The van der Waals surface area contributed by atoms with E-state index < -0.39 is 16.9 Å². The highest BCUT2D eigenvalue weighted by Gasteiger charge is 2.10. The zero-order chi connectivity index (χ0) is 13.4. The molecule has 0 saturated carbocycles. The van der Waals surface area contributed by atoms with Crippen LogP contribution in [0.4, 0.5) is 0 Å². The second-order valence-electron chi connectivity index (χ2n) is 4.83. The van der Waals surface area contributed by atoms with Crippen LogP contribution in [0.15, 0.2) is 29.2 Å². The molecule has 1 rings (SSSR count). The largest absolute Gasteiger partial charge is 0.392 e. The number of benzene rings is 1. The highest BCUT2D eigenvalue weighted by Crippen LogP contribution is 2.12. The standard InChI is InChI=1S/C15H24O2S/c1-3-4-5-6-7-14(16)12-18(17)15-10-8-13(2)9-11-15/h8-11,14,16H,3-7,12H2,1-2H3/t14-,18?/m0/s1. The molecule has 18 heavy (non-hydrogen) atoms. The molecular weight excluding hydrogens is 244 g/mol. The summed E-state index contributed by atoms with van der Waals surface area (Å²) in [6.07, 6.45) is 4.92. The molecule has 0 aliphatic carbocycles. The highest BCUT2D eigenvalue weighted by molar-refractivity contribution is 7.85. The molecule has 3 heteroatoms. The van der Waals surface area contributed by atoms with Crippen LogP contribution in [0.2, 0.25) is 0 Å². The summed E-state index contributed by atoms with van der Waals surface area (Å²) in [7, 11) is -1.08. The van der Waals surface area contributed by atoms with Crippen LogP contribution in [0.5, 0.6) is 0 Å². The Morgan fingerprint density at radius 1 is 1.17 bits per heavy atom. The Hall–Kier alpha value is -0.670. The number of hydrogen-bond acceptors (Lipinski definition) is 2. The van der Waals surface area contributed by atoms with Crippen LogP contribution in [0, 0.1) is 6.92 Å². The van der Waals surface area contributed by atoms with E-state index in [1.807, 2.05) is 31.2 Å². The summed E-state index contributed by atoms with van der Waals surface area (Å²) in [5, 5.41) is 9.84. The van der Waals surface area contributed by atoms with Crippen molar-refractivity contribution in [2.24, 2.45) is 0 Å². The van der Waals surface area contributed by atoms with E-state index in [0.29, 0.717) is 5.75 Å². The average molecular weight is 268 g/mol. The zero-order valence-corrected chi connectivity index (χ0v) is 12.2. The number of rotatable bonds is 8. The minimum absolute atomic E-state index is 0.356. The molecule has 0 saturated heterocycles. The van der Waals surface area contributed by atoms with Gasteiger partial charge in [0.2, 0.25) is 0 Å². The van der Waals surface area contributed by atoms with Gasteiger partial charge < -0.3 is 5.11 Å². The SMILES string of the molecule is CCCCCC[C@H](O)CS(=O)c1ccc(C)cc1. The third-order valence-corrected chi connectivity index (χ3v) is 4.50. The molecule has 1 aromatic carbocycles. The summed E-state index contributed by atoms with van der Waals surface area (Å²) in [4.78, 5) is 0.813. The van der Waals surface area contributed by atoms with E-state index in [-0.39, 0.29) is 0 Å². The van der Waals surface area contributed by atoms with Crippen LogP contribution >= 0.6 is 0 Å². The fourth-order valence-corrected chi connectivity index (χ4v) is 3.00. The first-order chi connectivity index (χ1) is 8.63. The van der Waals surface area contributed by atoms with Gasteiger partial charge in [0.25, 0.3) is 0 Å². The Balaban J connectivity index is 2.33. The lowest BCUT2D eigenvalue weighted by atomic mass is 10.1. The summed E-state index contributed by atoms with van der Waals surface area (Å²) in [6, 6.07) is 7.69. The molecule has 0 aliphatic rings. The summed E-state index contributed by atoms with van der Waals surface area (Å²) in [5.74, 6) is 0.356. The summed E-state index contributed by atoms with van der Waals surface area (Å²) >= 11 is 0. The van der Waals surface area contributed by atoms with Crippen molar-refractivity contribution in [1.82, 2.24) is 0 Å². The van der Waals surface area contributed by atoms with Gasteiger partial charge in [-0.3, -0.25) is 4.21 Å². The van der Waals surface area contributed by atoms with Crippen molar-refractivity contribution < 1.29 is 9.32 Å². The van der Waals surface area contributed by atoms with E-state index in [1.54, 1.807) is 0 Å². The molecule has 102 valence electrons. The van der Waals surface area contributed by atoms with Gasteiger partial charge in [0.1, 0.15) is 0 Å². The Morgan fingerprint density at radius 2 is 1.83 bits per heavy atom. The average Bonchev–Trinajstić information content (AvgIpc) is 2.35. The molecule has 0 bridgehead atoms. The van der Waals surface area contributed by atoms with Crippen LogP contribution in [0.25, 0.3) is 0 Å². The van der Waals surface area contributed by atoms with Crippen molar-refractivity contribution in [1.29, 1.82) is 0 Å². The van der Waals surface area contributed by atoms with Crippen LogP contribution in [0.1, 0.15) is 44.6 Å². The lowest BCUT2D eigenvalue weighted by molar-refractivity contribution is 0.184. The van der Waals surface area contributed by atoms with Crippen molar-refractivity contribution >= 4 is 10.8 Å². The van der Waals surface area contributed by atoms with Gasteiger partial charge in [-0.2, -0.15) is 0 Å². The second kappa shape index (κ2) is 8.44. The molecule has 1 N–H and O–H groups in total. The van der Waals surface area contributed by atoms with Crippen molar-refractivity contribution in [2.45, 2.75) is 57.0 Å². The summed E-state index contributed by atoms with van der Waals surface area (Å²) < 4.78 is 12.0. The first kappa shape index (κ1) is 15.4. The molecule has 0 spiro atoms. The van der Waals surface area contributed by atoms with Crippen molar-refractivity contribution in [2.75, 3.05) is 5.75 Å². The van der Waals surface area contributed by atoms with Gasteiger partial charge in [-0.1, -0.05) is 50.3 Å². The maximum Gasteiger partial charge on any atom is 0.0659 e. The lowest BCUT2D eigenvalue weighted by Gasteiger charge is -2.10. The number of aryl methyl sites for hydroxylation is 1. The minimum Gasteiger partial charge on any atom is -0.392 e. The molecule has 0 aromatic heterocycles. The van der Waals surface area contributed by atoms with Crippen molar-refractivity contribution in [3.8, 4) is 0 Å². The molecule has 1 unspecified atom stereocenters. The first-order valence-corrected chi connectivity index (χ1v) is 8.08. The predicted molar refractivity (Wildman–Crippen MR) is 77.2 cm³/mol. The molecule has 0 radical (unpaired) electrons. The third-order valence-electron chi connectivity index (χ3n) is 3.02. The molecule has 0 amide bonds. The van der Waals surface area contributed by atoms with E-state index in [0.717, 1.165) is 29.7 Å². The Bertz CT molecular complexity index is 359.